The van der Waals surface area contributed by atoms with Crippen molar-refractivity contribution >= 4 is 5.97 Å². The fourth-order valence-electron chi connectivity index (χ4n) is 2.34. The van der Waals surface area contributed by atoms with Gasteiger partial charge in [-0.25, -0.2) is 4.79 Å². The molecule has 0 amide bonds. The molecule has 1 atom stereocenters. The van der Waals surface area contributed by atoms with Crippen LogP contribution in [0.2, 0.25) is 0 Å². The van der Waals surface area contributed by atoms with Crippen molar-refractivity contribution in [1.82, 2.24) is 0 Å². The third-order valence-electron chi connectivity index (χ3n) is 3.33. The number of esters is 1. The van der Waals surface area contributed by atoms with Gasteiger partial charge in [0.1, 0.15) is 0 Å². The van der Waals surface area contributed by atoms with Gasteiger partial charge in [0.25, 0.3) is 0 Å². The molecule has 3 heteroatoms. The summed E-state index contributed by atoms with van der Waals surface area (Å²) in [6.07, 6.45) is 4.97. The van der Waals surface area contributed by atoms with Crippen molar-refractivity contribution in [2.24, 2.45) is 11.8 Å². The van der Waals surface area contributed by atoms with Crippen LogP contribution in [0.25, 0.3) is 0 Å². The van der Waals surface area contributed by atoms with Crippen LogP contribution >= 0.6 is 0 Å². The van der Waals surface area contributed by atoms with Gasteiger partial charge in [-0.1, -0.05) is 45.0 Å². The minimum absolute atomic E-state index is 0.0865. The number of aliphatic hydroxyl groups is 1. The zero-order valence-electron chi connectivity index (χ0n) is 11.7. The van der Waals surface area contributed by atoms with Gasteiger partial charge in [0.05, 0.1) is 6.61 Å². The van der Waals surface area contributed by atoms with Crippen molar-refractivity contribution in [3.8, 4) is 11.8 Å². The lowest BCUT2D eigenvalue weighted by Crippen LogP contribution is -2.46. The Hall–Kier alpha value is -1.01. The predicted octanol–water partition coefficient (Wildman–Crippen LogP) is 2.52. The Balaban J connectivity index is 2.92. The lowest BCUT2D eigenvalue weighted by molar-refractivity contribution is -0.164. The van der Waals surface area contributed by atoms with E-state index in [2.05, 4.69) is 11.8 Å². The number of rotatable bonds is 3. The van der Waals surface area contributed by atoms with E-state index in [-0.39, 0.29) is 18.4 Å². The van der Waals surface area contributed by atoms with Gasteiger partial charge in [0, 0.05) is 11.8 Å². The summed E-state index contributed by atoms with van der Waals surface area (Å²) in [6.45, 7) is 5.91. The number of hydrogen-bond donors (Lipinski definition) is 1. The molecule has 0 spiro atoms. The van der Waals surface area contributed by atoms with Crippen LogP contribution in [0.1, 0.15) is 52.9 Å². The molecule has 1 N–H and O–H groups in total. The van der Waals surface area contributed by atoms with Gasteiger partial charge in [-0.2, -0.15) is 0 Å². The largest absolute Gasteiger partial charge is 0.463 e. The van der Waals surface area contributed by atoms with E-state index >= 15 is 0 Å². The SMILES string of the molecule is CCOC(=O)C(O)(C#CC(C)C)C1CCCCC1. The Morgan fingerprint density at radius 1 is 1.39 bits per heavy atom. The summed E-state index contributed by atoms with van der Waals surface area (Å²) >= 11 is 0. The van der Waals surface area contributed by atoms with Gasteiger partial charge in [-0.3, -0.25) is 0 Å². The first-order chi connectivity index (χ1) is 8.50. The molecule has 1 unspecified atom stereocenters. The van der Waals surface area contributed by atoms with Gasteiger partial charge in [-0.15, -0.1) is 0 Å². The normalized spacial score (nSPS) is 19.8. The molecule has 3 nitrogen and oxygen atoms in total. The van der Waals surface area contributed by atoms with Crippen molar-refractivity contribution in [1.29, 1.82) is 0 Å². The quantitative estimate of drug-likeness (QED) is 0.620. The van der Waals surface area contributed by atoms with Crippen molar-refractivity contribution < 1.29 is 14.6 Å². The molecule has 0 saturated heterocycles. The highest BCUT2D eigenvalue weighted by Gasteiger charge is 2.44. The molecule has 0 radical (unpaired) electrons. The van der Waals surface area contributed by atoms with Gasteiger partial charge in [-0.05, 0) is 19.8 Å². The first-order valence-corrected chi connectivity index (χ1v) is 6.93. The van der Waals surface area contributed by atoms with Crippen LogP contribution in [0.4, 0.5) is 0 Å². The zero-order valence-corrected chi connectivity index (χ0v) is 11.7. The van der Waals surface area contributed by atoms with E-state index in [1.165, 1.54) is 6.42 Å². The molecule has 0 bridgehead atoms. The molecule has 18 heavy (non-hydrogen) atoms. The number of ether oxygens (including phenoxy) is 1. The third kappa shape index (κ3) is 3.74. The van der Waals surface area contributed by atoms with Crippen LogP contribution in [-0.4, -0.2) is 23.3 Å². The van der Waals surface area contributed by atoms with Crippen molar-refractivity contribution in [3.05, 3.63) is 0 Å². The Morgan fingerprint density at radius 2 is 2.00 bits per heavy atom. The van der Waals surface area contributed by atoms with E-state index in [1.807, 2.05) is 13.8 Å². The molecule has 1 aliphatic carbocycles. The maximum Gasteiger partial charge on any atom is 0.351 e. The van der Waals surface area contributed by atoms with Crippen LogP contribution in [0, 0.1) is 23.7 Å². The maximum atomic E-state index is 12.0. The maximum absolute atomic E-state index is 12.0. The Kier molecular flexibility index (Phi) is 5.68. The Morgan fingerprint density at radius 3 is 2.50 bits per heavy atom. The van der Waals surface area contributed by atoms with Crippen LogP contribution < -0.4 is 0 Å². The predicted molar refractivity (Wildman–Crippen MR) is 70.8 cm³/mol. The fraction of sp³-hybridized carbons (Fsp3) is 0.800. The van der Waals surface area contributed by atoms with Crippen molar-refractivity contribution in [2.45, 2.75) is 58.5 Å². The first-order valence-electron chi connectivity index (χ1n) is 6.93. The second kappa shape index (κ2) is 6.80. The van der Waals surface area contributed by atoms with Crippen LogP contribution in [0.5, 0.6) is 0 Å². The molecular weight excluding hydrogens is 228 g/mol. The number of carbonyl (C=O) groups is 1. The number of hydrogen-bond acceptors (Lipinski definition) is 3. The average Bonchev–Trinajstić information content (AvgIpc) is 2.37. The second-order valence-corrected chi connectivity index (χ2v) is 5.25. The average molecular weight is 252 g/mol. The molecule has 0 aromatic heterocycles. The Labute approximate surface area is 110 Å². The molecule has 0 aromatic rings. The van der Waals surface area contributed by atoms with Crippen molar-refractivity contribution in [2.75, 3.05) is 6.61 Å². The fourth-order valence-corrected chi connectivity index (χ4v) is 2.34. The highest BCUT2D eigenvalue weighted by atomic mass is 16.5. The van der Waals surface area contributed by atoms with Crippen molar-refractivity contribution in [3.63, 3.8) is 0 Å². The van der Waals surface area contributed by atoms with E-state index in [9.17, 15) is 9.90 Å². The highest BCUT2D eigenvalue weighted by molar-refractivity contribution is 5.83. The smallest absolute Gasteiger partial charge is 0.351 e. The summed E-state index contributed by atoms with van der Waals surface area (Å²) in [7, 11) is 0. The molecule has 1 saturated carbocycles. The third-order valence-corrected chi connectivity index (χ3v) is 3.33. The van der Waals surface area contributed by atoms with E-state index in [0.29, 0.717) is 0 Å². The molecule has 0 aliphatic heterocycles. The lowest BCUT2D eigenvalue weighted by Gasteiger charge is -2.32. The minimum atomic E-state index is -1.61. The van der Waals surface area contributed by atoms with E-state index in [1.54, 1.807) is 6.92 Å². The highest BCUT2D eigenvalue weighted by Crippen LogP contribution is 2.33. The topological polar surface area (TPSA) is 46.5 Å². The van der Waals surface area contributed by atoms with Crippen LogP contribution in [-0.2, 0) is 9.53 Å². The van der Waals surface area contributed by atoms with Gasteiger partial charge < -0.3 is 9.84 Å². The first kappa shape index (κ1) is 15.0. The monoisotopic (exact) mass is 252 g/mol. The molecule has 1 aliphatic rings. The van der Waals surface area contributed by atoms with E-state index < -0.39 is 11.6 Å². The van der Waals surface area contributed by atoms with E-state index in [4.69, 9.17) is 4.74 Å². The van der Waals surface area contributed by atoms with Crippen LogP contribution in [0.15, 0.2) is 0 Å². The van der Waals surface area contributed by atoms with Gasteiger partial charge in [0.2, 0.25) is 5.60 Å². The summed E-state index contributed by atoms with van der Waals surface area (Å²) in [4.78, 5) is 12.0. The summed E-state index contributed by atoms with van der Waals surface area (Å²) < 4.78 is 5.00. The summed E-state index contributed by atoms with van der Waals surface area (Å²) in [5, 5.41) is 10.6. The van der Waals surface area contributed by atoms with Crippen LogP contribution in [0.3, 0.4) is 0 Å². The zero-order chi connectivity index (χ0) is 13.6. The summed E-state index contributed by atoms with van der Waals surface area (Å²) in [5.41, 5.74) is -1.61. The minimum Gasteiger partial charge on any atom is -0.463 e. The molecule has 102 valence electrons. The van der Waals surface area contributed by atoms with Gasteiger partial charge in [0.15, 0.2) is 0 Å². The molecule has 0 aromatic carbocycles. The lowest BCUT2D eigenvalue weighted by atomic mass is 9.77. The summed E-state index contributed by atoms with van der Waals surface area (Å²) in [6, 6.07) is 0. The molecule has 1 rings (SSSR count). The second-order valence-electron chi connectivity index (χ2n) is 5.25. The summed E-state index contributed by atoms with van der Waals surface area (Å²) in [5.74, 6) is 5.17. The molecule has 1 fully saturated rings. The van der Waals surface area contributed by atoms with E-state index in [0.717, 1.165) is 25.7 Å². The molecule has 0 heterocycles. The van der Waals surface area contributed by atoms with Gasteiger partial charge >= 0.3 is 5.97 Å². The standard InChI is InChI=1S/C15H24O3/c1-4-18-14(16)15(17,11-10-12(2)3)13-8-6-5-7-9-13/h12-13,17H,4-9H2,1-3H3. The Bertz CT molecular complexity index is 331. The molecular formula is C15H24O3. The number of carbonyl (C=O) groups excluding carboxylic acids is 1.